The van der Waals surface area contributed by atoms with Crippen LogP contribution in [0.1, 0.15) is 37.3 Å². The molecular weight excluding hydrogens is 186 g/mol. The van der Waals surface area contributed by atoms with Crippen LogP contribution < -0.4 is 5.32 Å². The number of nitrogens with one attached hydrogen (secondary N) is 1. The van der Waals surface area contributed by atoms with Gasteiger partial charge in [0.15, 0.2) is 0 Å². The molecule has 1 aromatic rings. The Labute approximate surface area is 91.3 Å². The molecule has 0 radical (unpaired) electrons. The summed E-state index contributed by atoms with van der Waals surface area (Å²) in [6.45, 7) is 5.13. The third kappa shape index (κ3) is 2.00. The molecule has 2 atom stereocenters. The van der Waals surface area contributed by atoms with Crippen LogP contribution in [-0.2, 0) is 6.42 Å². The molecule has 0 spiro atoms. The van der Waals surface area contributed by atoms with Crippen LogP contribution in [0.15, 0.2) is 18.2 Å². The molecule has 2 N–H and O–H groups in total. The van der Waals surface area contributed by atoms with Crippen LogP contribution in [0.3, 0.4) is 0 Å². The van der Waals surface area contributed by atoms with Gasteiger partial charge in [-0.15, -0.1) is 0 Å². The van der Waals surface area contributed by atoms with E-state index in [0.29, 0.717) is 12.5 Å². The van der Waals surface area contributed by atoms with Crippen LogP contribution in [-0.4, -0.2) is 17.8 Å². The Kier molecular flexibility index (Phi) is 2.96. The average Bonchev–Trinajstić information content (AvgIpc) is 2.27. The highest BCUT2D eigenvalue weighted by molar-refractivity contribution is 5.57. The van der Waals surface area contributed by atoms with Gasteiger partial charge in [0.2, 0.25) is 0 Å². The van der Waals surface area contributed by atoms with Gasteiger partial charge in [-0.1, -0.05) is 26.0 Å². The molecular formula is C13H19NO. The molecule has 0 fully saturated rings. The molecule has 1 aromatic carbocycles. The summed E-state index contributed by atoms with van der Waals surface area (Å²) < 4.78 is 0. The number of aliphatic hydroxyl groups excluding tert-OH is 1. The second-order valence-electron chi connectivity index (χ2n) is 4.42. The molecule has 1 unspecified atom stereocenters. The lowest BCUT2D eigenvalue weighted by Gasteiger charge is -2.26. The SMILES string of the molecule is CC[C@@H](C)c1cccc2c1CC(O)CN2. The van der Waals surface area contributed by atoms with Gasteiger partial charge in [0.25, 0.3) is 0 Å². The Bertz CT molecular complexity index is 348. The van der Waals surface area contributed by atoms with E-state index in [4.69, 9.17) is 0 Å². The number of fused-ring (bicyclic) bond motifs is 1. The van der Waals surface area contributed by atoms with Crippen LogP contribution in [0.5, 0.6) is 0 Å². The Hall–Kier alpha value is -1.02. The molecule has 2 rings (SSSR count). The Morgan fingerprint density at radius 1 is 1.53 bits per heavy atom. The zero-order valence-corrected chi connectivity index (χ0v) is 9.46. The van der Waals surface area contributed by atoms with E-state index in [9.17, 15) is 5.11 Å². The van der Waals surface area contributed by atoms with Gasteiger partial charge >= 0.3 is 0 Å². The first-order chi connectivity index (χ1) is 7.22. The van der Waals surface area contributed by atoms with Crippen molar-refractivity contribution >= 4 is 5.69 Å². The van der Waals surface area contributed by atoms with Gasteiger partial charge in [-0.3, -0.25) is 0 Å². The summed E-state index contributed by atoms with van der Waals surface area (Å²) in [7, 11) is 0. The maximum Gasteiger partial charge on any atom is 0.0753 e. The van der Waals surface area contributed by atoms with E-state index in [2.05, 4.69) is 37.4 Å². The zero-order valence-electron chi connectivity index (χ0n) is 9.46. The third-order valence-electron chi connectivity index (χ3n) is 3.32. The predicted octanol–water partition coefficient (Wildman–Crippen LogP) is 2.53. The number of β-amino-alcohol motifs (C(OH)–C–C–N with tert-alkyl or cyclic N) is 1. The smallest absolute Gasteiger partial charge is 0.0753 e. The number of hydrogen-bond donors (Lipinski definition) is 2. The molecule has 1 aliphatic rings. The van der Waals surface area contributed by atoms with E-state index >= 15 is 0 Å². The Balaban J connectivity index is 2.39. The molecule has 0 aliphatic carbocycles. The molecule has 0 bridgehead atoms. The topological polar surface area (TPSA) is 32.3 Å². The van der Waals surface area contributed by atoms with Gasteiger partial charge in [-0.05, 0) is 29.5 Å². The van der Waals surface area contributed by atoms with Crippen molar-refractivity contribution in [3.05, 3.63) is 29.3 Å². The standard InChI is InChI=1S/C13H19NO/c1-3-9(2)11-5-4-6-13-12(11)7-10(15)8-14-13/h4-6,9-10,14-15H,3,7-8H2,1-2H3/t9-,10?/m1/s1. The quantitative estimate of drug-likeness (QED) is 0.777. The van der Waals surface area contributed by atoms with Crippen LogP contribution in [0.25, 0.3) is 0 Å². The summed E-state index contributed by atoms with van der Waals surface area (Å²) in [6, 6.07) is 6.39. The normalized spacial score (nSPS) is 21.7. The first kappa shape index (κ1) is 10.5. The highest BCUT2D eigenvalue weighted by Gasteiger charge is 2.20. The van der Waals surface area contributed by atoms with Crippen molar-refractivity contribution in [2.24, 2.45) is 0 Å². The highest BCUT2D eigenvalue weighted by atomic mass is 16.3. The number of hydrogen-bond acceptors (Lipinski definition) is 2. The monoisotopic (exact) mass is 205 g/mol. The summed E-state index contributed by atoms with van der Waals surface area (Å²) in [5.41, 5.74) is 3.91. The molecule has 2 heteroatoms. The molecule has 0 saturated carbocycles. The zero-order chi connectivity index (χ0) is 10.8. The van der Waals surface area contributed by atoms with Gasteiger partial charge in [-0.2, -0.15) is 0 Å². The fraction of sp³-hybridized carbons (Fsp3) is 0.538. The van der Waals surface area contributed by atoms with Gasteiger partial charge in [0, 0.05) is 18.7 Å². The molecule has 1 heterocycles. The summed E-state index contributed by atoms with van der Waals surface area (Å²) in [5, 5.41) is 13.0. The summed E-state index contributed by atoms with van der Waals surface area (Å²) >= 11 is 0. The Morgan fingerprint density at radius 2 is 2.33 bits per heavy atom. The third-order valence-corrected chi connectivity index (χ3v) is 3.32. The lowest BCUT2D eigenvalue weighted by atomic mass is 9.88. The molecule has 82 valence electrons. The lowest BCUT2D eigenvalue weighted by molar-refractivity contribution is 0.184. The first-order valence-electron chi connectivity index (χ1n) is 5.76. The van der Waals surface area contributed by atoms with Crippen molar-refractivity contribution in [2.75, 3.05) is 11.9 Å². The molecule has 0 amide bonds. The van der Waals surface area contributed by atoms with Crippen molar-refractivity contribution < 1.29 is 5.11 Å². The molecule has 2 nitrogen and oxygen atoms in total. The second kappa shape index (κ2) is 4.23. The van der Waals surface area contributed by atoms with Crippen molar-refractivity contribution in [1.29, 1.82) is 0 Å². The lowest BCUT2D eigenvalue weighted by Crippen LogP contribution is -2.28. The van der Waals surface area contributed by atoms with E-state index < -0.39 is 0 Å². The van der Waals surface area contributed by atoms with Gasteiger partial charge in [-0.25, -0.2) is 0 Å². The predicted molar refractivity (Wildman–Crippen MR) is 63.3 cm³/mol. The van der Waals surface area contributed by atoms with E-state index in [-0.39, 0.29) is 6.10 Å². The maximum atomic E-state index is 9.67. The van der Waals surface area contributed by atoms with Crippen LogP contribution in [0, 0.1) is 0 Å². The molecule has 0 aromatic heterocycles. The maximum absolute atomic E-state index is 9.67. The molecule has 0 saturated heterocycles. The van der Waals surface area contributed by atoms with E-state index in [0.717, 1.165) is 12.8 Å². The first-order valence-corrected chi connectivity index (χ1v) is 5.76. The number of benzene rings is 1. The minimum absolute atomic E-state index is 0.234. The largest absolute Gasteiger partial charge is 0.391 e. The van der Waals surface area contributed by atoms with E-state index in [1.807, 2.05) is 0 Å². The van der Waals surface area contributed by atoms with Crippen LogP contribution >= 0.6 is 0 Å². The number of rotatable bonds is 2. The minimum atomic E-state index is -0.234. The summed E-state index contributed by atoms with van der Waals surface area (Å²) in [6.07, 6.45) is 1.71. The summed E-state index contributed by atoms with van der Waals surface area (Å²) in [4.78, 5) is 0. The second-order valence-corrected chi connectivity index (χ2v) is 4.42. The van der Waals surface area contributed by atoms with E-state index in [1.165, 1.54) is 16.8 Å². The van der Waals surface area contributed by atoms with Gasteiger partial charge in [0.05, 0.1) is 6.10 Å². The highest BCUT2D eigenvalue weighted by Crippen LogP contribution is 2.31. The van der Waals surface area contributed by atoms with Crippen molar-refractivity contribution in [1.82, 2.24) is 0 Å². The number of anilines is 1. The fourth-order valence-corrected chi connectivity index (χ4v) is 2.22. The van der Waals surface area contributed by atoms with Gasteiger partial charge in [0.1, 0.15) is 0 Å². The van der Waals surface area contributed by atoms with Crippen LogP contribution in [0.4, 0.5) is 5.69 Å². The van der Waals surface area contributed by atoms with Crippen molar-refractivity contribution in [3.63, 3.8) is 0 Å². The molecule has 1 aliphatic heterocycles. The van der Waals surface area contributed by atoms with Gasteiger partial charge < -0.3 is 10.4 Å². The van der Waals surface area contributed by atoms with Crippen LogP contribution in [0.2, 0.25) is 0 Å². The average molecular weight is 205 g/mol. The molecule has 15 heavy (non-hydrogen) atoms. The minimum Gasteiger partial charge on any atom is -0.391 e. The van der Waals surface area contributed by atoms with E-state index in [1.54, 1.807) is 0 Å². The van der Waals surface area contributed by atoms with Crippen molar-refractivity contribution in [3.8, 4) is 0 Å². The Morgan fingerprint density at radius 3 is 3.07 bits per heavy atom. The summed E-state index contributed by atoms with van der Waals surface area (Å²) in [5.74, 6) is 0.576. The number of aliphatic hydroxyl groups is 1. The van der Waals surface area contributed by atoms with Crippen molar-refractivity contribution in [2.45, 2.75) is 38.7 Å². The fourth-order valence-electron chi connectivity index (χ4n) is 2.22.